The number of fused-ring (bicyclic) bond motifs is 2. The van der Waals surface area contributed by atoms with Crippen molar-refractivity contribution in [3.05, 3.63) is 11.6 Å². The van der Waals surface area contributed by atoms with Crippen LogP contribution in [0, 0.1) is 17.8 Å². The molecule has 3 unspecified atom stereocenters. The van der Waals surface area contributed by atoms with Gasteiger partial charge >= 0.3 is 11.9 Å². The summed E-state index contributed by atoms with van der Waals surface area (Å²) in [6.07, 6.45) is 3.76. The second-order valence-corrected chi connectivity index (χ2v) is 3.77. The van der Waals surface area contributed by atoms with Gasteiger partial charge in [0.2, 0.25) is 0 Å². The van der Waals surface area contributed by atoms with Crippen molar-refractivity contribution in [2.45, 2.75) is 12.8 Å². The van der Waals surface area contributed by atoms with Crippen molar-refractivity contribution in [3.63, 3.8) is 0 Å². The minimum absolute atomic E-state index is 0.0230. The Bertz CT molecular complexity index is 316. The Hall–Kier alpha value is -1.12. The molecule has 3 heteroatoms. The Labute approximate surface area is 69.4 Å². The molecule has 1 saturated heterocycles. The fraction of sp³-hybridized carbons (Fsp3) is 0.556. The SMILES string of the molecule is O=C1OC(=O)C2CC3CC2C=C13. The van der Waals surface area contributed by atoms with Gasteiger partial charge in [-0.15, -0.1) is 0 Å². The highest BCUT2D eigenvalue weighted by Gasteiger charge is 2.50. The first-order valence-electron chi connectivity index (χ1n) is 4.23. The van der Waals surface area contributed by atoms with Crippen LogP contribution in [0.1, 0.15) is 12.8 Å². The Balaban J connectivity index is 2.14. The van der Waals surface area contributed by atoms with E-state index in [1.54, 1.807) is 0 Å². The van der Waals surface area contributed by atoms with Crippen LogP contribution in [0.2, 0.25) is 0 Å². The van der Waals surface area contributed by atoms with Gasteiger partial charge in [-0.05, 0) is 24.7 Å². The van der Waals surface area contributed by atoms with Gasteiger partial charge in [0.05, 0.1) is 5.92 Å². The van der Waals surface area contributed by atoms with Crippen molar-refractivity contribution < 1.29 is 14.3 Å². The van der Waals surface area contributed by atoms with Gasteiger partial charge in [0.25, 0.3) is 0 Å². The Morgan fingerprint density at radius 3 is 2.83 bits per heavy atom. The van der Waals surface area contributed by atoms with Crippen molar-refractivity contribution in [1.29, 1.82) is 0 Å². The van der Waals surface area contributed by atoms with Gasteiger partial charge in [-0.2, -0.15) is 0 Å². The van der Waals surface area contributed by atoms with E-state index in [2.05, 4.69) is 4.74 Å². The van der Waals surface area contributed by atoms with E-state index in [0.29, 0.717) is 11.8 Å². The van der Waals surface area contributed by atoms with E-state index in [1.165, 1.54) is 0 Å². The fourth-order valence-corrected chi connectivity index (χ4v) is 2.61. The van der Waals surface area contributed by atoms with Crippen molar-refractivity contribution in [1.82, 2.24) is 0 Å². The molecule has 2 aliphatic carbocycles. The molecular weight excluding hydrogens is 156 g/mol. The van der Waals surface area contributed by atoms with Gasteiger partial charge in [-0.1, -0.05) is 6.08 Å². The van der Waals surface area contributed by atoms with Gasteiger partial charge in [0.15, 0.2) is 0 Å². The molecule has 3 nitrogen and oxygen atoms in total. The number of ether oxygens (including phenoxy) is 1. The first-order valence-corrected chi connectivity index (χ1v) is 4.23. The standard InChI is InChI=1S/C9H8O3/c10-8-6-2-4-1-5(6)3-7(4)9(11)12-8/h2,4-5,7H,1,3H2. The van der Waals surface area contributed by atoms with E-state index in [4.69, 9.17) is 0 Å². The molecule has 4 aliphatic rings. The zero-order valence-electron chi connectivity index (χ0n) is 6.45. The molecule has 1 saturated carbocycles. The third-order valence-corrected chi connectivity index (χ3v) is 3.18. The number of carbonyl (C=O) groups is 2. The van der Waals surface area contributed by atoms with Crippen LogP contribution in [-0.2, 0) is 14.3 Å². The van der Waals surface area contributed by atoms with Crippen LogP contribution < -0.4 is 0 Å². The third-order valence-electron chi connectivity index (χ3n) is 3.18. The maximum absolute atomic E-state index is 11.2. The molecular formula is C9H8O3. The van der Waals surface area contributed by atoms with Crippen LogP contribution in [0.4, 0.5) is 0 Å². The number of rotatable bonds is 0. The van der Waals surface area contributed by atoms with Gasteiger partial charge in [0, 0.05) is 5.57 Å². The summed E-state index contributed by atoms with van der Waals surface area (Å²) in [5.74, 6) is -0.114. The molecule has 0 spiro atoms. The minimum Gasteiger partial charge on any atom is -0.389 e. The molecule has 0 radical (unpaired) electrons. The molecule has 62 valence electrons. The van der Waals surface area contributed by atoms with Crippen LogP contribution in [0.25, 0.3) is 0 Å². The smallest absolute Gasteiger partial charge is 0.341 e. The molecule has 0 aromatic carbocycles. The number of esters is 2. The van der Waals surface area contributed by atoms with Crippen LogP contribution in [-0.4, -0.2) is 11.9 Å². The van der Waals surface area contributed by atoms with Gasteiger partial charge < -0.3 is 4.74 Å². The molecule has 2 fully saturated rings. The zero-order valence-corrected chi connectivity index (χ0v) is 6.45. The maximum Gasteiger partial charge on any atom is 0.341 e. The van der Waals surface area contributed by atoms with E-state index in [-0.39, 0.29) is 11.9 Å². The molecule has 0 amide bonds. The predicted octanol–water partition coefficient (Wildman–Crippen LogP) is 0.652. The lowest BCUT2D eigenvalue weighted by Crippen LogP contribution is -2.19. The topological polar surface area (TPSA) is 43.4 Å². The highest BCUT2D eigenvalue weighted by Crippen LogP contribution is 2.50. The van der Waals surface area contributed by atoms with Crippen LogP contribution in [0.5, 0.6) is 0 Å². The van der Waals surface area contributed by atoms with Crippen LogP contribution >= 0.6 is 0 Å². The lowest BCUT2D eigenvalue weighted by molar-refractivity contribution is -0.159. The Kier molecular flexibility index (Phi) is 0.953. The molecule has 4 rings (SSSR count). The van der Waals surface area contributed by atoms with Crippen molar-refractivity contribution >= 4 is 11.9 Å². The van der Waals surface area contributed by atoms with Crippen LogP contribution in [0.3, 0.4) is 0 Å². The summed E-state index contributed by atoms with van der Waals surface area (Å²) in [5, 5.41) is 0. The van der Waals surface area contributed by atoms with E-state index in [9.17, 15) is 9.59 Å². The van der Waals surface area contributed by atoms with E-state index in [1.807, 2.05) is 6.08 Å². The van der Waals surface area contributed by atoms with E-state index in [0.717, 1.165) is 18.4 Å². The monoisotopic (exact) mass is 164 g/mol. The highest BCUT2D eigenvalue weighted by atomic mass is 16.6. The van der Waals surface area contributed by atoms with Gasteiger partial charge in [-0.3, -0.25) is 4.79 Å². The maximum atomic E-state index is 11.2. The molecule has 0 aromatic rings. The summed E-state index contributed by atoms with van der Waals surface area (Å²) in [4.78, 5) is 22.5. The van der Waals surface area contributed by atoms with Crippen LogP contribution in [0.15, 0.2) is 11.6 Å². The third kappa shape index (κ3) is 0.578. The lowest BCUT2D eigenvalue weighted by Gasteiger charge is -2.10. The predicted molar refractivity (Wildman–Crippen MR) is 38.9 cm³/mol. The summed E-state index contributed by atoms with van der Waals surface area (Å²) in [7, 11) is 0. The summed E-state index contributed by atoms with van der Waals surface area (Å²) in [6.45, 7) is 0. The highest BCUT2D eigenvalue weighted by molar-refractivity contribution is 6.00. The molecule has 4 bridgehead atoms. The number of hydrogen-bond donors (Lipinski definition) is 0. The molecule has 2 heterocycles. The van der Waals surface area contributed by atoms with Crippen molar-refractivity contribution in [3.8, 4) is 0 Å². The first-order chi connectivity index (χ1) is 5.75. The average Bonchev–Trinajstić information content (AvgIpc) is 2.56. The number of carbonyl (C=O) groups excluding carboxylic acids is 2. The summed E-state index contributed by atoms with van der Waals surface area (Å²) in [5.41, 5.74) is 0.752. The second kappa shape index (κ2) is 1.79. The van der Waals surface area contributed by atoms with Gasteiger partial charge in [-0.25, -0.2) is 4.79 Å². The summed E-state index contributed by atoms with van der Waals surface area (Å²) < 4.78 is 4.65. The number of allylic oxidation sites excluding steroid dienone is 1. The fourth-order valence-electron chi connectivity index (χ4n) is 2.61. The quantitative estimate of drug-likeness (QED) is 0.390. The average molecular weight is 164 g/mol. The summed E-state index contributed by atoms with van der Waals surface area (Å²) in [6, 6.07) is 0. The molecule has 12 heavy (non-hydrogen) atoms. The second-order valence-electron chi connectivity index (χ2n) is 3.77. The molecule has 3 atom stereocenters. The van der Waals surface area contributed by atoms with E-state index < -0.39 is 5.97 Å². The largest absolute Gasteiger partial charge is 0.389 e. The van der Waals surface area contributed by atoms with Crippen molar-refractivity contribution in [2.24, 2.45) is 17.8 Å². The van der Waals surface area contributed by atoms with Crippen molar-refractivity contribution in [2.75, 3.05) is 0 Å². The zero-order chi connectivity index (χ0) is 8.29. The van der Waals surface area contributed by atoms with E-state index >= 15 is 0 Å². The Morgan fingerprint density at radius 2 is 2.17 bits per heavy atom. The first kappa shape index (κ1) is 6.40. The summed E-state index contributed by atoms with van der Waals surface area (Å²) >= 11 is 0. The minimum atomic E-state index is -0.396. The Morgan fingerprint density at radius 1 is 1.33 bits per heavy atom. The lowest BCUT2D eigenvalue weighted by atomic mass is 9.91. The number of hydrogen-bond acceptors (Lipinski definition) is 3. The normalized spacial score (nSPS) is 43.0. The molecule has 2 aliphatic heterocycles. The van der Waals surface area contributed by atoms with Gasteiger partial charge in [0.1, 0.15) is 0 Å². The molecule has 0 N–H and O–H groups in total. The molecule has 0 aromatic heterocycles.